The smallest absolute Gasteiger partial charge is 0.340 e. The van der Waals surface area contributed by atoms with Gasteiger partial charge in [0, 0.05) is 40.3 Å². The minimum atomic E-state index is -0.587. The number of aromatic nitrogens is 4. The Hall–Kier alpha value is -3.42. The number of halogens is 2. The van der Waals surface area contributed by atoms with Crippen LogP contribution in [0.25, 0.3) is 22.5 Å². The van der Waals surface area contributed by atoms with Gasteiger partial charge in [0.05, 0.1) is 30.2 Å². The standard InChI is InChI=1S/C21H14Cl2N4O3/c1-30-19-5-4-13(10-25-19)18-12-26(17-8-14(22)7-15(23)9-17)21(29)27(20(18)28)16-3-2-6-24-11-16/h2-12H,1H3. The summed E-state index contributed by atoms with van der Waals surface area (Å²) in [6.07, 6.45) is 5.95. The molecule has 0 N–H and O–H groups in total. The Labute approximate surface area is 180 Å². The molecule has 0 aliphatic carbocycles. The van der Waals surface area contributed by atoms with E-state index in [2.05, 4.69) is 9.97 Å². The van der Waals surface area contributed by atoms with Gasteiger partial charge in [-0.25, -0.2) is 14.3 Å². The normalized spacial score (nSPS) is 10.8. The predicted molar refractivity (Wildman–Crippen MR) is 115 cm³/mol. The monoisotopic (exact) mass is 440 g/mol. The summed E-state index contributed by atoms with van der Waals surface area (Å²) in [4.78, 5) is 34.7. The zero-order chi connectivity index (χ0) is 21.3. The minimum Gasteiger partial charge on any atom is -0.481 e. The summed E-state index contributed by atoms with van der Waals surface area (Å²) in [6, 6.07) is 11.3. The van der Waals surface area contributed by atoms with Crippen LogP contribution in [0.1, 0.15) is 0 Å². The van der Waals surface area contributed by atoms with Crippen LogP contribution in [-0.4, -0.2) is 26.2 Å². The van der Waals surface area contributed by atoms with Crippen LogP contribution >= 0.6 is 23.2 Å². The number of hydrogen-bond acceptors (Lipinski definition) is 5. The van der Waals surface area contributed by atoms with Crippen molar-refractivity contribution in [1.29, 1.82) is 0 Å². The van der Waals surface area contributed by atoms with Gasteiger partial charge in [0.25, 0.3) is 5.56 Å². The van der Waals surface area contributed by atoms with E-state index in [1.54, 1.807) is 48.7 Å². The molecule has 0 fully saturated rings. The van der Waals surface area contributed by atoms with Crippen LogP contribution in [0.4, 0.5) is 0 Å². The molecule has 4 aromatic rings. The lowest BCUT2D eigenvalue weighted by Crippen LogP contribution is -2.38. The highest BCUT2D eigenvalue weighted by atomic mass is 35.5. The molecule has 4 rings (SSSR count). The van der Waals surface area contributed by atoms with Gasteiger partial charge >= 0.3 is 5.69 Å². The van der Waals surface area contributed by atoms with Gasteiger partial charge in [0.1, 0.15) is 0 Å². The van der Waals surface area contributed by atoms with E-state index in [-0.39, 0.29) is 5.56 Å². The Morgan fingerprint density at radius 1 is 0.967 bits per heavy atom. The molecule has 0 spiro atoms. The van der Waals surface area contributed by atoms with Crippen molar-refractivity contribution >= 4 is 23.2 Å². The van der Waals surface area contributed by atoms with Gasteiger partial charge < -0.3 is 4.74 Å². The number of pyridine rings is 2. The Morgan fingerprint density at radius 3 is 2.33 bits per heavy atom. The number of rotatable bonds is 4. The van der Waals surface area contributed by atoms with Crippen molar-refractivity contribution < 1.29 is 4.74 Å². The van der Waals surface area contributed by atoms with Crippen LogP contribution < -0.4 is 16.0 Å². The first kappa shape index (κ1) is 19.9. The number of nitrogens with zero attached hydrogens (tertiary/aromatic N) is 4. The van der Waals surface area contributed by atoms with Gasteiger partial charge in [-0.1, -0.05) is 23.2 Å². The molecule has 0 bridgehead atoms. The van der Waals surface area contributed by atoms with Crippen LogP contribution in [0.15, 0.2) is 76.8 Å². The number of benzene rings is 1. The minimum absolute atomic E-state index is 0.254. The average Bonchev–Trinajstić information content (AvgIpc) is 2.74. The molecule has 3 heterocycles. The molecule has 0 radical (unpaired) electrons. The summed E-state index contributed by atoms with van der Waals surface area (Å²) in [6.45, 7) is 0. The maximum absolute atomic E-state index is 13.3. The first-order chi connectivity index (χ1) is 14.5. The first-order valence-electron chi connectivity index (χ1n) is 8.74. The SMILES string of the molecule is COc1ccc(-c2cn(-c3cc(Cl)cc(Cl)c3)c(=O)n(-c3cccnc3)c2=O)cn1. The molecule has 0 atom stereocenters. The van der Waals surface area contributed by atoms with Crippen LogP contribution in [0.2, 0.25) is 10.0 Å². The molecule has 0 unspecified atom stereocenters. The van der Waals surface area contributed by atoms with E-state index >= 15 is 0 Å². The average molecular weight is 441 g/mol. The highest BCUT2D eigenvalue weighted by Crippen LogP contribution is 2.23. The lowest BCUT2D eigenvalue weighted by molar-refractivity contribution is 0.398. The first-order valence-corrected chi connectivity index (χ1v) is 9.49. The lowest BCUT2D eigenvalue weighted by Gasteiger charge is -2.14. The van der Waals surface area contributed by atoms with Crippen molar-refractivity contribution in [3.63, 3.8) is 0 Å². The molecule has 30 heavy (non-hydrogen) atoms. The number of methoxy groups -OCH3 is 1. The molecular weight excluding hydrogens is 427 g/mol. The zero-order valence-corrected chi connectivity index (χ0v) is 17.1. The molecular formula is C21H14Cl2N4O3. The van der Waals surface area contributed by atoms with Gasteiger partial charge in [-0.15, -0.1) is 0 Å². The van der Waals surface area contributed by atoms with Gasteiger partial charge in [-0.05, 0) is 36.4 Å². The predicted octanol–water partition coefficient (Wildman–Crippen LogP) is 3.76. The quantitative estimate of drug-likeness (QED) is 0.482. The van der Waals surface area contributed by atoms with Gasteiger partial charge in [-0.2, -0.15) is 0 Å². The van der Waals surface area contributed by atoms with Gasteiger partial charge in [0.15, 0.2) is 0 Å². The summed E-state index contributed by atoms with van der Waals surface area (Å²) in [5.41, 5.74) is 0.418. The fourth-order valence-corrected chi connectivity index (χ4v) is 3.50. The molecule has 0 aliphatic rings. The lowest BCUT2D eigenvalue weighted by atomic mass is 10.1. The molecule has 0 saturated heterocycles. The van der Waals surface area contributed by atoms with Gasteiger partial charge in [-0.3, -0.25) is 14.3 Å². The molecule has 0 saturated carbocycles. The third kappa shape index (κ3) is 3.72. The van der Waals surface area contributed by atoms with E-state index in [0.717, 1.165) is 4.57 Å². The van der Waals surface area contributed by atoms with Crippen molar-refractivity contribution in [2.75, 3.05) is 7.11 Å². The Morgan fingerprint density at radius 2 is 1.73 bits per heavy atom. The highest BCUT2D eigenvalue weighted by Gasteiger charge is 2.17. The van der Waals surface area contributed by atoms with E-state index in [9.17, 15) is 9.59 Å². The summed E-state index contributed by atoms with van der Waals surface area (Å²) in [5, 5.41) is 0.715. The zero-order valence-electron chi connectivity index (χ0n) is 15.6. The van der Waals surface area contributed by atoms with Gasteiger partial charge in [0.2, 0.25) is 5.88 Å². The molecule has 1 aromatic carbocycles. The maximum atomic E-state index is 13.3. The summed E-state index contributed by atoms with van der Waals surface area (Å²) >= 11 is 12.3. The summed E-state index contributed by atoms with van der Waals surface area (Å²) in [5.74, 6) is 0.404. The number of ether oxygens (including phenoxy) is 1. The molecule has 0 amide bonds. The third-order valence-electron chi connectivity index (χ3n) is 4.38. The second-order valence-corrected chi connectivity index (χ2v) is 7.14. The van der Waals surface area contributed by atoms with E-state index in [4.69, 9.17) is 27.9 Å². The van der Waals surface area contributed by atoms with Crippen LogP contribution in [-0.2, 0) is 0 Å². The highest BCUT2D eigenvalue weighted by molar-refractivity contribution is 6.34. The van der Waals surface area contributed by atoms with Crippen molar-refractivity contribution in [2.24, 2.45) is 0 Å². The van der Waals surface area contributed by atoms with Crippen LogP contribution in [0.3, 0.4) is 0 Å². The Balaban J connectivity index is 2.05. The van der Waals surface area contributed by atoms with Crippen LogP contribution in [0, 0.1) is 0 Å². The molecule has 7 nitrogen and oxygen atoms in total. The van der Waals surface area contributed by atoms with E-state index in [1.165, 1.54) is 30.3 Å². The summed E-state index contributed by atoms with van der Waals surface area (Å²) < 4.78 is 7.43. The fraction of sp³-hybridized carbons (Fsp3) is 0.0476. The van der Waals surface area contributed by atoms with Crippen molar-refractivity contribution in [3.8, 4) is 28.4 Å². The van der Waals surface area contributed by atoms with E-state index in [1.807, 2.05) is 0 Å². The summed E-state index contributed by atoms with van der Waals surface area (Å²) in [7, 11) is 1.50. The molecule has 0 aliphatic heterocycles. The largest absolute Gasteiger partial charge is 0.481 e. The van der Waals surface area contributed by atoms with Crippen molar-refractivity contribution in [1.82, 2.24) is 19.1 Å². The third-order valence-corrected chi connectivity index (χ3v) is 4.81. The molecule has 150 valence electrons. The second-order valence-electron chi connectivity index (χ2n) is 6.26. The Kier molecular flexibility index (Phi) is 5.39. The topological polar surface area (TPSA) is 79.0 Å². The molecule has 3 aromatic heterocycles. The number of hydrogen-bond donors (Lipinski definition) is 0. The van der Waals surface area contributed by atoms with E-state index in [0.29, 0.717) is 32.9 Å². The fourth-order valence-electron chi connectivity index (χ4n) is 2.99. The second kappa shape index (κ2) is 8.14. The van der Waals surface area contributed by atoms with Crippen molar-refractivity contribution in [2.45, 2.75) is 0 Å². The maximum Gasteiger partial charge on any atom is 0.340 e. The van der Waals surface area contributed by atoms with E-state index < -0.39 is 11.2 Å². The molecule has 9 heteroatoms. The van der Waals surface area contributed by atoms with Crippen molar-refractivity contribution in [3.05, 3.63) is 98.1 Å². The van der Waals surface area contributed by atoms with Crippen LogP contribution in [0.5, 0.6) is 5.88 Å². The Bertz CT molecular complexity index is 1310.